The van der Waals surface area contributed by atoms with Gasteiger partial charge in [0.05, 0.1) is 24.8 Å². The number of hydrogen-bond acceptors (Lipinski definition) is 5. The molecule has 28 heavy (non-hydrogen) atoms. The Morgan fingerprint density at radius 2 is 1.96 bits per heavy atom. The molecule has 2 fully saturated rings. The Bertz CT molecular complexity index is 914. The number of aromatic nitrogens is 4. The third-order valence-corrected chi connectivity index (χ3v) is 5.56. The lowest BCUT2D eigenvalue weighted by atomic mass is 9.96. The van der Waals surface area contributed by atoms with Gasteiger partial charge in [0.2, 0.25) is 0 Å². The minimum Gasteiger partial charge on any atom is -0.449 e. The molecule has 0 radical (unpaired) electrons. The van der Waals surface area contributed by atoms with Crippen LogP contribution in [-0.4, -0.2) is 50.4 Å². The molecule has 0 bridgehead atoms. The highest BCUT2D eigenvalue weighted by Crippen LogP contribution is 2.30. The van der Waals surface area contributed by atoms with E-state index in [9.17, 15) is 9.59 Å². The molecule has 8 nitrogen and oxygen atoms in total. The first-order valence-corrected chi connectivity index (χ1v) is 10.2. The van der Waals surface area contributed by atoms with E-state index in [-0.39, 0.29) is 23.0 Å². The molecule has 2 aromatic heterocycles. The van der Waals surface area contributed by atoms with E-state index in [4.69, 9.17) is 9.72 Å². The van der Waals surface area contributed by atoms with Crippen LogP contribution < -0.4 is 5.56 Å². The van der Waals surface area contributed by atoms with Gasteiger partial charge in [0.15, 0.2) is 5.65 Å². The highest BCUT2D eigenvalue weighted by atomic mass is 16.6. The molecule has 1 aliphatic heterocycles. The predicted octanol–water partition coefficient (Wildman–Crippen LogP) is 3.21. The van der Waals surface area contributed by atoms with Crippen molar-refractivity contribution in [3.8, 4) is 0 Å². The fourth-order valence-corrected chi connectivity index (χ4v) is 3.91. The van der Waals surface area contributed by atoms with Gasteiger partial charge in [-0.1, -0.05) is 40.0 Å². The van der Waals surface area contributed by atoms with Crippen LogP contribution in [0.3, 0.4) is 0 Å². The normalized spacial score (nSPS) is 19.0. The Hall–Kier alpha value is -2.38. The summed E-state index contributed by atoms with van der Waals surface area (Å²) in [5.74, 6) is 0.656. The molecule has 1 N–H and O–H groups in total. The van der Waals surface area contributed by atoms with E-state index in [1.807, 2.05) is 25.5 Å². The number of rotatable bonds is 3. The molecule has 8 heteroatoms. The van der Waals surface area contributed by atoms with Gasteiger partial charge in [0.1, 0.15) is 11.2 Å². The van der Waals surface area contributed by atoms with E-state index in [0.29, 0.717) is 42.6 Å². The SMILES string of the molecule is CC(C)(C)COC(=O)N1CC(c2nc3c(cnn3C3CCCCC3)c(=O)[nH]2)C1. The molecule has 1 amide bonds. The maximum Gasteiger partial charge on any atom is 0.409 e. The van der Waals surface area contributed by atoms with Crippen molar-refractivity contribution in [2.75, 3.05) is 19.7 Å². The van der Waals surface area contributed by atoms with Gasteiger partial charge in [-0.2, -0.15) is 5.10 Å². The van der Waals surface area contributed by atoms with Gasteiger partial charge in [-0.15, -0.1) is 0 Å². The fraction of sp³-hybridized carbons (Fsp3) is 0.700. The van der Waals surface area contributed by atoms with Crippen LogP contribution in [0.2, 0.25) is 0 Å². The second-order valence-electron chi connectivity index (χ2n) is 9.29. The highest BCUT2D eigenvalue weighted by molar-refractivity contribution is 5.73. The molecular formula is C20H29N5O3. The fourth-order valence-electron chi connectivity index (χ4n) is 3.91. The van der Waals surface area contributed by atoms with Gasteiger partial charge in [-0.05, 0) is 18.3 Å². The monoisotopic (exact) mass is 387 g/mol. The number of ether oxygens (including phenoxy) is 1. The van der Waals surface area contributed by atoms with Crippen LogP contribution in [-0.2, 0) is 4.74 Å². The van der Waals surface area contributed by atoms with E-state index in [1.54, 1.807) is 11.1 Å². The summed E-state index contributed by atoms with van der Waals surface area (Å²) < 4.78 is 7.29. The van der Waals surface area contributed by atoms with Crippen LogP contribution in [0.15, 0.2) is 11.0 Å². The molecule has 0 aromatic carbocycles. The summed E-state index contributed by atoms with van der Waals surface area (Å²) in [5.41, 5.74) is 0.449. The van der Waals surface area contributed by atoms with Gasteiger partial charge in [0.25, 0.3) is 5.56 Å². The van der Waals surface area contributed by atoms with Crippen molar-refractivity contribution in [3.05, 3.63) is 22.4 Å². The second-order valence-corrected chi connectivity index (χ2v) is 9.29. The third-order valence-electron chi connectivity index (χ3n) is 5.56. The van der Waals surface area contributed by atoms with Crippen molar-refractivity contribution in [3.63, 3.8) is 0 Å². The summed E-state index contributed by atoms with van der Waals surface area (Å²) in [6.45, 7) is 7.48. The number of carbonyl (C=O) groups is 1. The minimum atomic E-state index is -0.304. The standard InChI is InChI=1S/C20H29N5O3/c1-20(2,3)12-28-19(27)24-10-13(11-24)16-22-17-15(18(26)23-16)9-21-25(17)14-7-5-4-6-8-14/h9,13-14H,4-8,10-12H2,1-3H3,(H,22,23,26). The summed E-state index contributed by atoms with van der Waals surface area (Å²) in [6.07, 6.45) is 7.12. The zero-order valence-corrected chi connectivity index (χ0v) is 16.9. The lowest BCUT2D eigenvalue weighted by Gasteiger charge is -2.38. The average molecular weight is 387 g/mol. The van der Waals surface area contributed by atoms with Gasteiger partial charge < -0.3 is 14.6 Å². The Morgan fingerprint density at radius 1 is 1.25 bits per heavy atom. The van der Waals surface area contributed by atoms with E-state index in [2.05, 4.69) is 10.1 Å². The second kappa shape index (κ2) is 7.22. The number of carbonyl (C=O) groups excluding carboxylic acids is 1. The number of amides is 1. The van der Waals surface area contributed by atoms with Crippen LogP contribution >= 0.6 is 0 Å². The molecule has 0 atom stereocenters. The first kappa shape index (κ1) is 19.0. The van der Waals surface area contributed by atoms with E-state index >= 15 is 0 Å². The Kier molecular flexibility index (Phi) is 4.89. The van der Waals surface area contributed by atoms with Crippen LogP contribution in [0, 0.1) is 5.41 Å². The molecular weight excluding hydrogens is 358 g/mol. The van der Waals surface area contributed by atoms with Crippen molar-refractivity contribution >= 4 is 17.1 Å². The van der Waals surface area contributed by atoms with Crippen molar-refractivity contribution < 1.29 is 9.53 Å². The zero-order chi connectivity index (χ0) is 19.9. The molecule has 2 aromatic rings. The van der Waals surface area contributed by atoms with Crippen LogP contribution in [0.5, 0.6) is 0 Å². The summed E-state index contributed by atoms with van der Waals surface area (Å²) in [4.78, 5) is 33.9. The van der Waals surface area contributed by atoms with Crippen molar-refractivity contribution in [1.82, 2.24) is 24.6 Å². The molecule has 1 saturated heterocycles. The van der Waals surface area contributed by atoms with Gasteiger partial charge in [-0.3, -0.25) is 4.79 Å². The Balaban J connectivity index is 1.48. The number of likely N-dealkylation sites (tertiary alicyclic amines) is 1. The number of nitrogens with zero attached hydrogens (tertiary/aromatic N) is 4. The number of H-pyrrole nitrogens is 1. The summed E-state index contributed by atoms with van der Waals surface area (Å²) in [6, 6.07) is 0.318. The quantitative estimate of drug-likeness (QED) is 0.873. The average Bonchev–Trinajstić information content (AvgIpc) is 3.03. The molecule has 1 saturated carbocycles. The Labute approximate surface area is 164 Å². The molecule has 3 heterocycles. The maximum atomic E-state index is 12.5. The molecule has 0 spiro atoms. The largest absolute Gasteiger partial charge is 0.449 e. The molecule has 2 aliphatic rings. The lowest BCUT2D eigenvalue weighted by Crippen LogP contribution is -2.50. The molecule has 1 aliphatic carbocycles. The van der Waals surface area contributed by atoms with Crippen molar-refractivity contribution in [2.45, 2.75) is 64.8 Å². The van der Waals surface area contributed by atoms with Gasteiger partial charge >= 0.3 is 6.09 Å². The first-order chi connectivity index (χ1) is 13.3. The number of fused-ring (bicyclic) bond motifs is 1. The van der Waals surface area contributed by atoms with E-state index in [0.717, 1.165) is 12.8 Å². The number of hydrogen-bond donors (Lipinski definition) is 1. The van der Waals surface area contributed by atoms with Crippen LogP contribution in [0.4, 0.5) is 4.79 Å². The smallest absolute Gasteiger partial charge is 0.409 e. The van der Waals surface area contributed by atoms with Crippen LogP contribution in [0.25, 0.3) is 11.0 Å². The van der Waals surface area contributed by atoms with Crippen molar-refractivity contribution in [2.24, 2.45) is 5.41 Å². The molecule has 0 unspecified atom stereocenters. The minimum absolute atomic E-state index is 0.0222. The topological polar surface area (TPSA) is 93.1 Å². The summed E-state index contributed by atoms with van der Waals surface area (Å²) in [7, 11) is 0. The van der Waals surface area contributed by atoms with Gasteiger partial charge in [-0.25, -0.2) is 14.5 Å². The maximum absolute atomic E-state index is 12.5. The summed E-state index contributed by atoms with van der Waals surface area (Å²) >= 11 is 0. The zero-order valence-electron chi connectivity index (χ0n) is 16.9. The third kappa shape index (κ3) is 3.77. The van der Waals surface area contributed by atoms with E-state index in [1.165, 1.54) is 19.3 Å². The van der Waals surface area contributed by atoms with E-state index < -0.39 is 0 Å². The molecule has 4 rings (SSSR count). The Morgan fingerprint density at radius 3 is 2.64 bits per heavy atom. The summed E-state index contributed by atoms with van der Waals surface area (Å²) in [5, 5.41) is 5.00. The predicted molar refractivity (Wildman–Crippen MR) is 105 cm³/mol. The van der Waals surface area contributed by atoms with Crippen molar-refractivity contribution in [1.29, 1.82) is 0 Å². The molecule has 152 valence electrons. The number of aromatic amines is 1. The van der Waals surface area contributed by atoms with Gasteiger partial charge in [0, 0.05) is 13.1 Å². The highest BCUT2D eigenvalue weighted by Gasteiger charge is 2.35. The van der Waals surface area contributed by atoms with Crippen LogP contribution in [0.1, 0.15) is 70.7 Å². The number of nitrogens with one attached hydrogen (secondary N) is 1. The lowest BCUT2D eigenvalue weighted by molar-refractivity contribution is 0.0479. The first-order valence-electron chi connectivity index (χ1n) is 10.2.